The Bertz CT molecular complexity index is 777. The number of hydrogen-bond donors (Lipinski definition) is 2. The van der Waals surface area contributed by atoms with E-state index in [0.717, 1.165) is 47.5 Å². The fourth-order valence-electron chi connectivity index (χ4n) is 3.92. The summed E-state index contributed by atoms with van der Waals surface area (Å²) in [6.07, 6.45) is 5.55. The quantitative estimate of drug-likeness (QED) is 0.884. The molecule has 1 aliphatic heterocycles. The number of fused-ring (bicyclic) bond motifs is 2. The summed E-state index contributed by atoms with van der Waals surface area (Å²) >= 11 is 1.58. The summed E-state index contributed by atoms with van der Waals surface area (Å²) < 4.78 is 0. The van der Waals surface area contributed by atoms with Crippen molar-refractivity contribution in [3.8, 4) is 0 Å². The van der Waals surface area contributed by atoms with Crippen LogP contribution in [0.2, 0.25) is 0 Å². The second kappa shape index (κ2) is 6.06. The number of benzene rings is 1. The number of rotatable bonds is 3. The second-order valence-corrected chi connectivity index (χ2v) is 7.69. The van der Waals surface area contributed by atoms with Crippen molar-refractivity contribution >= 4 is 34.5 Å². The van der Waals surface area contributed by atoms with Crippen LogP contribution in [-0.2, 0) is 21.4 Å². The monoisotopic (exact) mass is 340 g/mol. The second-order valence-electron chi connectivity index (χ2n) is 6.66. The smallest absolute Gasteiger partial charge is 0.235 e. The maximum Gasteiger partial charge on any atom is 0.235 e. The Morgan fingerprint density at radius 2 is 2.04 bits per heavy atom. The van der Waals surface area contributed by atoms with Gasteiger partial charge in [-0.3, -0.25) is 9.59 Å². The van der Waals surface area contributed by atoms with Crippen LogP contribution in [0.15, 0.2) is 35.7 Å². The third-order valence-electron chi connectivity index (χ3n) is 5.12. The molecule has 24 heavy (non-hydrogen) atoms. The van der Waals surface area contributed by atoms with Gasteiger partial charge in [0.25, 0.3) is 0 Å². The molecular weight excluding hydrogens is 320 g/mol. The predicted molar refractivity (Wildman–Crippen MR) is 96.5 cm³/mol. The molecule has 1 aromatic carbocycles. The molecule has 5 heteroatoms. The molecule has 2 N–H and O–H groups in total. The maximum atomic E-state index is 12.6. The fourth-order valence-corrected chi connectivity index (χ4v) is 4.62. The Labute approximate surface area is 145 Å². The maximum absolute atomic E-state index is 12.6. The molecule has 0 unspecified atom stereocenters. The van der Waals surface area contributed by atoms with Crippen molar-refractivity contribution in [1.29, 1.82) is 0 Å². The molecule has 1 spiro atoms. The molecule has 124 valence electrons. The van der Waals surface area contributed by atoms with Crippen molar-refractivity contribution in [2.75, 3.05) is 10.6 Å². The van der Waals surface area contributed by atoms with Crippen LogP contribution in [0.3, 0.4) is 0 Å². The van der Waals surface area contributed by atoms with Gasteiger partial charge in [0.05, 0.1) is 11.8 Å². The van der Waals surface area contributed by atoms with Gasteiger partial charge in [-0.2, -0.15) is 0 Å². The van der Waals surface area contributed by atoms with Gasteiger partial charge in [-0.25, -0.2) is 0 Å². The largest absolute Gasteiger partial charge is 0.326 e. The standard InChI is InChI=1S/C19H20N2O2S/c22-17(12-14-5-4-10-24-14)20-13-6-7-16-15(11-13)19(18(23)21-16)8-2-1-3-9-19/h4-7,10-11H,1-3,8-9,12H2,(H,20,22)(H,21,23). The molecule has 1 aliphatic carbocycles. The highest BCUT2D eigenvalue weighted by molar-refractivity contribution is 7.10. The van der Waals surface area contributed by atoms with Crippen LogP contribution in [0, 0.1) is 0 Å². The van der Waals surface area contributed by atoms with Gasteiger partial charge in [-0.05, 0) is 48.1 Å². The molecule has 0 bridgehead atoms. The van der Waals surface area contributed by atoms with Crippen LogP contribution in [0.1, 0.15) is 42.5 Å². The Kier molecular flexibility index (Phi) is 3.88. The van der Waals surface area contributed by atoms with Crippen LogP contribution in [-0.4, -0.2) is 11.8 Å². The Hall–Kier alpha value is -2.14. The molecule has 4 rings (SSSR count). The third kappa shape index (κ3) is 2.63. The summed E-state index contributed by atoms with van der Waals surface area (Å²) in [5.74, 6) is 0.103. The zero-order valence-corrected chi connectivity index (χ0v) is 14.2. The molecular formula is C19H20N2O2S. The molecule has 4 nitrogen and oxygen atoms in total. The number of hydrogen-bond acceptors (Lipinski definition) is 3. The first kappa shape index (κ1) is 15.4. The molecule has 0 atom stereocenters. The first-order valence-electron chi connectivity index (χ1n) is 8.46. The lowest BCUT2D eigenvalue weighted by Gasteiger charge is -2.31. The van der Waals surface area contributed by atoms with Crippen molar-refractivity contribution in [2.45, 2.75) is 43.9 Å². The van der Waals surface area contributed by atoms with Gasteiger partial charge < -0.3 is 10.6 Å². The Morgan fingerprint density at radius 1 is 1.21 bits per heavy atom. The highest BCUT2D eigenvalue weighted by atomic mass is 32.1. The highest BCUT2D eigenvalue weighted by Crippen LogP contribution is 2.48. The molecule has 1 aromatic heterocycles. The number of anilines is 2. The normalized spacial score (nSPS) is 18.2. The van der Waals surface area contributed by atoms with Crippen molar-refractivity contribution < 1.29 is 9.59 Å². The zero-order valence-electron chi connectivity index (χ0n) is 13.4. The van der Waals surface area contributed by atoms with E-state index in [9.17, 15) is 9.59 Å². The topological polar surface area (TPSA) is 58.2 Å². The summed E-state index contributed by atoms with van der Waals surface area (Å²) in [4.78, 5) is 25.8. The van der Waals surface area contributed by atoms with E-state index in [4.69, 9.17) is 0 Å². The zero-order chi connectivity index (χ0) is 16.6. The van der Waals surface area contributed by atoms with Gasteiger partial charge in [0.1, 0.15) is 0 Å². The predicted octanol–water partition coefficient (Wildman–Crippen LogP) is 4.08. The minimum absolute atomic E-state index is 0.0209. The van der Waals surface area contributed by atoms with Crippen LogP contribution >= 0.6 is 11.3 Å². The van der Waals surface area contributed by atoms with Crippen molar-refractivity contribution in [2.24, 2.45) is 0 Å². The average molecular weight is 340 g/mol. The lowest BCUT2D eigenvalue weighted by Crippen LogP contribution is -2.36. The third-order valence-corrected chi connectivity index (χ3v) is 6.00. The molecule has 2 aromatic rings. The number of amides is 2. The molecule has 2 aliphatic rings. The molecule has 0 saturated heterocycles. The van der Waals surface area contributed by atoms with E-state index in [-0.39, 0.29) is 17.2 Å². The van der Waals surface area contributed by atoms with Crippen molar-refractivity contribution in [3.63, 3.8) is 0 Å². The van der Waals surface area contributed by atoms with Gasteiger partial charge in [0.2, 0.25) is 11.8 Å². The Morgan fingerprint density at radius 3 is 2.79 bits per heavy atom. The molecule has 1 fully saturated rings. The van der Waals surface area contributed by atoms with E-state index in [1.807, 2.05) is 35.7 Å². The summed E-state index contributed by atoms with van der Waals surface area (Å²) in [6, 6.07) is 9.69. The molecule has 2 heterocycles. The summed E-state index contributed by atoms with van der Waals surface area (Å²) in [6.45, 7) is 0. The molecule has 0 radical (unpaired) electrons. The van der Waals surface area contributed by atoms with Gasteiger partial charge in [0, 0.05) is 16.3 Å². The van der Waals surface area contributed by atoms with E-state index in [1.54, 1.807) is 11.3 Å². The summed E-state index contributed by atoms with van der Waals surface area (Å²) in [5, 5.41) is 7.97. The lowest BCUT2D eigenvalue weighted by molar-refractivity contribution is -0.122. The van der Waals surface area contributed by atoms with E-state index in [1.165, 1.54) is 6.42 Å². The molecule has 2 amide bonds. The Balaban J connectivity index is 1.57. The van der Waals surface area contributed by atoms with Crippen LogP contribution in [0.5, 0.6) is 0 Å². The highest BCUT2D eigenvalue weighted by Gasteiger charge is 2.47. The number of carbonyl (C=O) groups is 2. The van der Waals surface area contributed by atoms with Gasteiger partial charge in [-0.15, -0.1) is 11.3 Å². The van der Waals surface area contributed by atoms with E-state index >= 15 is 0 Å². The summed E-state index contributed by atoms with van der Waals surface area (Å²) in [7, 11) is 0. The SMILES string of the molecule is O=C(Cc1cccs1)Nc1ccc2c(c1)C1(CCCCC1)C(=O)N2. The van der Waals surface area contributed by atoms with E-state index in [2.05, 4.69) is 10.6 Å². The van der Waals surface area contributed by atoms with Gasteiger partial charge in [0.15, 0.2) is 0 Å². The van der Waals surface area contributed by atoms with Crippen molar-refractivity contribution in [3.05, 3.63) is 46.2 Å². The van der Waals surface area contributed by atoms with Crippen LogP contribution < -0.4 is 10.6 Å². The number of thiophene rings is 1. The lowest BCUT2D eigenvalue weighted by atomic mass is 9.70. The first-order valence-corrected chi connectivity index (χ1v) is 9.34. The van der Waals surface area contributed by atoms with E-state index in [0.29, 0.717) is 6.42 Å². The fraction of sp³-hybridized carbons (Fsp3) is 0.368. The van der Waals surface area contributed by atoms with Crippen LogP contribution in [0.4, 0.5) is 11.4 Å². The summed E-state index contributed by atoms with van der Waals surface area (Å²) in [5.41, 5.74) is 2.35. The number of carbonyl (C=O) groups excluding carboxylic acids is 2. The first-order chi connectivity index (χ1) is 11.7. The van der Waals surface area contributed by atoms with Gasteiger partial charge >= 0.3 is 0 Å². The van der Waals surface area contributed by atoms with Gasteiger partial charge in [-0.1, -0.05) is 25.3 Å². The van der Waals surface area contributed by atoms with Crippen molar-refractivity contribution in [1.82, 2.24) is 0 Å². The minimum Gasteiger partial charge on any atom is -0.326 e. The minimum atomic E-state index is -0.387. The average Bonchev–Trinajstić information content (AvgIpc) is 3.17. The van der Waals surface area contributed by atoms with Crippen LogP contribution in [0.25, 0.3) is 0 Å². The number of nitrogens with one attached hydrogen (secondary N) is 2. The molecule has 1 saturated carbocycles. The van der Waals surface area contributed by atoms with E-state index < -0.39 is 0 Å².